The van der Waals surface area contributed by atoms with Crippen LogP contribution in [0.4, 0.5) is 5.82 Å². The highest BCUT2D eigenvalue weighted by atomic mass is 16.1. The van der Waals surface area contributed by atoms with E-state index in [1.165, 1.54) is 10.1 Å². The summed E-state index contributed by atoms with van der Waals surface area (Å²) in [5.41, 5.74) is 8.51. The zero-order chi connectivity index (χ0) is 21.7. The van der Waals surface area contributed by atoms with Gasteiger partial charge in [0.05, 0.1) is 0 Å². The van der Waals surface area contributed by atoms with Gasteiger partial charge >= 0.3 is 0 Å². The predicted octanol–water partition coefficient (Wildman–Crippen LogP) is 3.34. The summed E-state index contributed by atoms with van der Waals surface area (Å²) in [6, 6.07) is 6.29. The fraction of sp³-hybridized carbons (Fsp3) is 0.292. The summed E-state index contributed by atoms with van der Waals surface area (Å²) in [5, 5.41) is 4.72. The SMILES string of the molecule is Cc1ccc(-c2cnc3c(c2)CN(c2nn4c(=O)c(C)cnc4c(C)c2C)CC3)cn1. The number of rotatable bonds is 2. The van der Waals surface area contributed by atoms with Gasteiger partial charge in [0.1, 0.15) is 0 Å². The van der Waals surface area contributed by atoms with Gasteiger partial charge in [-0.25, -0.2) is 4.98 Å². The van der Waals surface area contributed by atoms with Gasteiger partial charge in [-0.3, -0.25) is 14.8 Å². The van der Waals surface area contributed by atoms with E-state index in [-0.39, 0.29) is 5.56 Å². The summed E-state index contributed by atoms with van der Waals surface area (Å²) in [6.45, 7) is 9.30. The highest BCUT2D eigenvalue weighted by Gasteiger charge is 2.23. The van der Waals surface area contributed by atoms with Crippen LogP contribution >= 0.6 is 0 Å². The van der Waals surface area contributed by atoms with Gasteiger partial charge in [0.2, 0.25) is 0 Å². The van der Waals surface area contributed by atoms with E-state index in [1.54, 1.807) is 13.1 Å². The van der Waals surface area contributed by atoms with Crippen LogP contribution in [-0.2, 0) is 13.0 Å². The zero-order valence-corrected chi connectivity index (χ0v) is 18.2. The van der Waals surface area contributed by atoms with Crippen molar-refractivity contribution >= 4 is 11.5 Å². The molecule has 0 atom stereocenters. The highest BCUT2D eigenvalue weighted by Crippen LogP contribution is 2.29. The van der Waals surface area contributed by atoms with Gasteiger partial charge in [0.25, 0.3) is 5.56 Å². The molecule has 0 spiro atoms. The van der Waals surface area contributed by atoms with E-state index in [4.69, 9.17) is 10.1 Å². The number of fused-ring (bicyclic) bond motifs is 2. The van der Waals surface area contributed by atoms with Crippen molar-refractivity contribution in [2.24, 2.45) is 0 Å². The number of nitrogens with zero attached hydrogens (tertiary/aromatic N) is 6. The lowest BCUT2D eigenvalue weighted by Crippen LogP contribution is -2.34. The Labute approximate surface area is 180 Å². The van der Waals surface area contributed by atoms with Crippen molar-refractivity contribution in [1.82, 2.24) is 24.6 Å². The van der Waals surface area contributed by atoms with E-state index in [2.05, 4.69) is 27.0 Å². The number of pyridine rings is 2. The minimum atomic E-state index is -0.123. The lowest BCUT2D eigenvalue weighted by molar-refractivity contribution is 0.683. The molecule has 5 heterocycles. The molecule has 156 valence electrons. The molecule has 0 aromatic carbocycles. The minimum absolute atomic E-state index is 0.123. The summed E-state index contributed by atoms with van der Waals surface area (Å²) in [6.07, 6.45) is 6.27. The fourth-order valence-electron chi connectivity index (χ4n) is 4.09. The molecule has 0 fully saturated rings. The average molecular weight is 412 g/mol. The van der Waals surface area contributed by atoms with Gasteiger partial charge in [0, 0.05) is 77.3 Å². The lowest BCUT2D eigenvalue weighted by Gasteiger charge is -2.31. The fourth-order valence-corrected chi connectivity index (χ4v) is 4.09. The van der Waals surface area contributed by atoms with E-state index in [1.807, 2.05) is 39.2 Å². The molecule has 0 N–H and O–H groups in total. The van der Waals surface area contributed by atoms with Crippen LogP contribution < -0.4 is 10.5 Å². The van der Waals surface area contributed by atoms with Gasteiger partial charge in [-0.15, -0.1) is 5.10 Å². The van der Waals surface area contributed by atoms with Gasteiger partial charge in [-0.1, -0.05) is 6.07 Å². The molecule has 0 bridgehead atoms. The maximum Gasteiger partial charge on any atom is 0.277 e. The van der Waals surface area contributed by atoms with Crippen LogP contribution in [0.25, 0.3) is 16.8 Å². The number of hydrogen-bond acceptors (Lipinski definition) is 6. The number of hydrogen-bond donors (Lipinski definition) is 0. The van der Waals surface area contributed by atoms with Crippen LogP contribution in [-0.4, -0.2) is 31.1 Å². The highest BCUT2D eigenvalue weighted by molar-refractivity contribution is 5.64. The summed E-state index contributed by atoms with van der Waals surface area (Å²) < 4.78 is 1.44. The summed E-state index contributed by atoms with van der Waals surface area (Å²) in [7, 11) is 0. The molecule has 0 amide bonds. The van der Waals surface area contributed by atoms with Gasteiger partial charge in [-0.05, 0) is 45.4 Å². The van der Waals surface area contributed by atoms with Crippen molar-refractivity contribution in [3.63, 3.8) is 0 Å². The monoisotopic (exact) mass is 412 g/mol. The van der Waals surface area contributed by atoms with Crippen LogP contribution in [0.15, 0.2) is 41.6 Å². The standard InChI is InChI=1S/C24H24N6O/c1-14-10-27-22-16(3)17(4)23(28-30(22)24(14)31)29-8-7-21-20(13-29)9-19(12-26-21)18-6-5-15(2)25-11-18/h5-6,9-12H,7-8,13H2,1-4H3. The Hall–Kier alpha value is -3.61. The van der Waals surface area contributed by atoms with Crippen LogP contribution in [0, 0.1) is 27.7 Å². The zero-order valence-electron chi connectivity index (χ0n) is 18.2. The average Bonchev–Trinajstić information content (AvgIpc) is 2.78. The van der Waals surface area contributed by atoms with Crippen LogP contribution in [0.5, 0.6) is 0 Å². The molecule has 7 heteroatoms. The molecule has 4 aromatic rings. The molecular weight excluding hydrogens is 388 g/mol. The van der Waals surface area contributed by atoms with E-state index >= 15 is 0 Å². The van der Waals surface area contributed by atoms with Crippen LogP contribution in [0.1, 0.15) is 33.6 Å². The second-order valence-electron chi connectivity index (χ2n) is 8.25. The predicted molar refractivity (Wildman–Crippen MR) is 120 cm³/mol. The molecule has 0 radical (unpaired) electrons. The van der Waals surface area contributed by atoms with E-state index in [0.717, 1.165) is 52.4 Å². The Kier molecular flexibility index (Phi) is 4.54. The molecule has 4 aromatic heterocycles. The molecule has 0 saturated carbocycles. The number of anilines is 1. The molecule has 0 aliphatic carbocycles. The van der Waals surface area contributed by atoms with E-state index < -0.39 is 0 Å². The molecular formula is C24H24N6O. The largest absolute Gasteiger partial charge is 0.350 e. The van der Waals surface area contributed by atoms with Crippen molar-refractivity contribution in [2.75, 3.05) is 11.4 Å². The van der Waals surface area contributed by atoms with Crippen LogP contribution in [0.2, 0.25) is 0 Å². The molecule has 0 saturated heterocycles. The quantitative estimate of drug-likeness (QED) is 0.503. The van der Waals surface area contributed by atoms with E-state index in [0.29, 0.717) is 17.8 Å². The Morgan fingerprint density at radius 3 is 2.48 bits per heavy atom. The molecule has 31 heavy (non-hydrogen) atoms. The molecule has 7 nitrogen and oxygen atoms in total. The van der Waals surface area contributed by atoms with Gasteiger partial charge < -0.3 is 4.90 Å². The Balaban J connectivity index is 1.56. The minimum Gasteiger partial charge on any atom is -0.350 e. The number of aryl methyl sites for hydroxylation is 3. The maximum atomic E-state index is 12.7. The second-order valence-corrected chi connectivity index (χ2v) is 8.25. The third-order valence-electron chi connectivity index (χ3n) is 6.12. The lowest BCUT2D eigenvalue weighted by atomic mass is 10.0. The topological polar surface area (TPSA) is 76.3 Å². The molecule has 0 unspecified atom stereocenters. The summed E-state index contributed by atoms with van der Waals surface area (Å²) in [5.74, 6) is 0.826. The van der Waals surface area contributed by atoms with Crippen molar-refractivity contribution in [1.29, 1.82) is 0 Å². The Morgan fingerprint density at radius 2 is 1.71 bits per heavy atom. The van der Waals surface area contributed by atoms with Crippen molar-refractivity contribution in [2.45, 2.75) is 40.7 Å². The van der Waals surface area contributed by atoms with E-state index in [9.17, 15) is 4.79 Å². The first-order valence-corrected chi connectivity index (χ1v) is 10.4. The normalized spacial score (nSPS) is 13.5. The first kappa shape index (κ1) is 19.4. The molecule has 1 aliphatic rings. The first-order valence-electron chi connectivity index (χ1n) is 10.4. The van der Waals surface area contributed by atoms with Gasteiger partial charge in [0.15, 0.2) is 11.5 Å². The molecule has 1 aliphatic heterocycles. The van der Waals surface area contributed by atoms with Gasteiger partial charge in [-0.2, -0.15) is 4.52 Å². The summed E-state index contributed by atoms with van der Waals surface area (Å²) >= 11 is 0. The second kappa shape index (κ2) is 7.27. The summed E-state index contributed by atoms with van der Waals surface area (Å²) in [4.78, 5) is 28.5. The third kappa shape index (κ3) is 3.26. The number of aromatic nitrogens is 5. The Morgan fingerprint density at radius 1 is 0.903 bits per heavy atom. The molecule has 5 rings (SSSR count). The third-order valence-corrected chi connectivity index (χ3v) is 6.12. The Bertz CT molecular complexity index is 1370. The van der Waals surface area contributed by atoms with Crippen molar-refractivity contribution in [3.05, 3.63) is 80.8 Å². The van der Waals surface area contributed by atoms with Crippen LogP contribution in [0.3, 0.4) is 0 Å². The first-order chi connectivity index (χ1) is 14.9. The van der Waals surface area contributed by atoms with Crippen molar-refractivity contribution in [3.8, 4) is 11.1 Å². The van der Waals surface area contributed by atoms with Crippen molar-refractivity contribution < 1.29 is 0 Å². The smallest absolute Gasteiger partial charge is 0.277 e. The maximum absolute atomic E-state index is 12.7.